The molecule has 51 heavy (non-hydrogen) atoms. The lowest BCUT2D eigenvalue weighted by Gasteiger charge is -2.10. The number of aromatic nitrogens is 5. The topological polar surface area (TPSA) is 64.5 Å². The second-order valence-electron chi connectivity index (χ2n) is 12.2. The van der Waals surface area contributed by atoms with E-state index in [1.54, 1.807) is 0 Å². The summed E-state index contributed by atoms with van der Waals surface area (Å²) in [6.45, 7) is 0. The van der Waals surface area contributed by atoms with Crippen molar-refractivity contribution in [3.05, 3.63) is 176 Å². The maximum atomic E-state index is 5.13. The highest BCUT2D eigenvalue weighted by atomic mass is 15.0. The first-order valence-corrected chi connectivity index (χ1v) is 16.6. The van der Waals surface area contributed by atoms with Gasteiger partial charge in [-0.3, -0.25) is 0 Å². The number of rotatable bonds is 6. The molecule has 0 fully saturated rings. The van der Waals surface area contributed by atoms with E-state index in [9.17, 15) is 0 Å². The fourth-order valence-electron chi connectivity index (χ4n) is 6.28. The van der Waals surface area contributed by atoms with E-state index >= 15 is 0 Å². The molecule has 0 spiro atoms. The van der Waals surface area contributed by atoms with Gasteiger partial charge in [0.25, 0.3) is 0 Å². The van der Waals surface area contributed by atoms with Crippen LogP contribution in [0.15, 0.2) is 176 Å². The Bertz CT molecular complexity index is 2550. The maximum absolute atomic E-state index is 5.13. The Hall–Kier alpha value is -6.85. The smallest absolute Gasteiger partial charge is 0.164 e. The molecule has 0 unspecified atom stereocenters. The Morgan fingerprint density at radius 3 is 0.941 bits per heavy atom. The van der Waals surface area contributed by atoms with E-state index in [2.05, 4.69) is 97.1 Å². The second kappa shape index (κ2) is 13.6. The van der Waals surface area contributed by atoms with Gasteiger partial charge < -0.3 is 0 Å². The molecule has 5 heteroatoms. The average molecular weight is 656 g/mol. The summed E-state index contributed by atoms with van der Waals surface area (Å²) in [6, 6.07) is 60.0. The molecular formula is C46H33N5. The van der Waals surface area contributed by atoms with Gasteiger partial charge in [-0.1, -0.05) is 171 Å². The second-order valence-corrected chi connectivity index (χ2v) is 12.2. The molecule has 0 amide bonds. The van der Waals surface area contributed by atoms with Gasteiger partial charge >= 0.3 is 0 Å². The predicted octanol–water partition coefficient (Wildman–Crippen LogP) is 11.6. The Morgan fingerprint density at radius 2 is 0.529 bits per heavy atom. The van der Waals surface area contributed by atoms with Gasteiger partial charge in [-0.2, -0.15) is 0 Å². The maximum Gasteiger partial charge on any atom is 0.164 e. The van der Waals surface area contributed by atoms with Gasteiger partial charge in [0.15, 0.2) is 17.5 Å². The van der Waals surface area contributed by atoms with Crippen molar-refractivity contribution in [2.75, 3.05) is 0 Å². The Kier molecular flexibility index (Phi) is 8.36. The molecule has 6 aromatic carbocycles. The highest BCUT2D eigenvalue weighted by Gasteiger charge is 2.13. The Labute approximate surface area is 297 Å². The molecule has 242 valence electrons. The summed E-state index contributed by atoms with van der Waals surface area (Å²) >= 11 is 0. The molecule has 0 N–H and O–H groups in total. The molecule has 0 saturated heterocycles. The number of hydrogen-bond acceptors (Lipinski definition) is 5. The lowest BCUT2D eigenvalue weighted by Crippen LogP contribution is -2.00. The lowest BCUT2D eigenvalue weighted by atomic mass is 10.0. The minimum absolute atomic E-state index is 0. The highest BCUT2D eigenvalue weighted by molar-refractivity contribution is 6.04. The molecule has 0 radical (unpaired) electrons. The van der Waals surface area contributed by atoms with Crippen LogP contribution < -0.4 is 0 Å². The van der Waals surface area contributed by atoms with Crippen LogP contribution in [0.1, 0.15) is 7.43 Å². The first-order chi connectivity index (χ1) is 24.7. The van der Waals surface area contributed by atoms with Crippen LogP contribution in [0.3, 0.4) is 0 Å². The van der Waals surface area contributed by atoms with Crippen molar-refractivity contribution < 1.29 is 0 Å². The van der Waals surface area contributed by atoms with Gasteiger partial charge in [0.05, 0.1) is 22.4 Å². The molecule has 0 saturated carbocycles. The number of pyridine rings is 2. The van der Waals surface area contributed by atoms with Crippen molar-refractivity contribution in [1.29, 1.82) is 0 Å². The average Bonchev–Trinajstić information content (AvgIpc) is 3.21. The summed E-state index contributed by atoms with van der Waals surface area (Å²) < 4.78 is 0. The van der Waals surface area contributed by atoms with Crippen molar-refractivity contribution >= 4 is 21.8 Å². The zero-order valence-electron chi connectivity index (χ0n) is 27.0. The first kappa shape index (κ1) is 31.4. The summed E-state index contributed by atoms with van der Waals surface area (Å²) in [5, 5.41) is 2.14. The molecule has 0 aliphatic rings. The summed E-state index contributed by atoms with van der Waals surface area (Å²) in [5.74, 6) is 1.94. The predicted molar refractivity (Wildman–Crippen MR) is 210 cm³/mol. The van der Waals surface area contributed by atoms with E-state index < -0.39 is 0 Å². The highest BCUT2D eigenvalue weighted by Crippen LogP contribution is 2.31. The van der Waals surface area contributed by atoms with E-state index in [0.717, 1.165) is 72.1 Å². The van der Waals surface area contributed by atoms with E-state index in [-0.39, 0.29) is 7.43 Å². The molecule has 0 aliphatic carbocycles. The largest absolute Gasteiger partial charge is 0.245 e. The van der Waals surface area contributed by atoms with Crippen LogP contribution in [0, 0.1) is 0 Å². The van der Waals surface area contributed by atoms with Crippen LogP contribution in [0.2, 0.25) is 0 Å². The van der Waals surface area contributed by atoms with Crippen molar-refractivity contribution in [2.24, 2.45) is 0 Å². The summed E-state index contributed by atoms with van der Waals surface area (Å²) in [4.78, 5) is 24.8. The van der Waals surface area contributed by atoms with Crippen LogP contribution in [0.5, 0.6) is 0 Å². The number of fused-ring (bicyclic) bond motifs is 3. The summed E-state index contributed by atoms with van der Waals surface area (Å²) in [6.07, 6.45) is 0. The van der Waals surface area contributed by atoms with Crippen LogP contribution in [0.4, 0.5) is 0 Å². The zero-order valence-corrected chi connectivity index (χ0v) is 27.0. The molecule has 0 bridgehead atoms. The number of benzene rings is 6. The Morgan fingerprint density at radius 1 is 0.235 bits per heavy atom. The minimum Gasteiger partial charge on any atom is -0.245 e. The van der Waals surface area contributed by atoms with Gasteiger partial charge in [-0.15, -0.1) is 0 Å². The van der Waals surface area contributed by atoms with Crippen molar-refractivity contribution in [1.82, 2.24) is 24.9 Å². The fourth-order valence-corrected chi connectivity index (χ4v) is 6.28. The normalized spacial score (nSPS) is 11.0. The minimum atomic E-state index is 0. The number of hydrogen-bond donors (Lipinski definition) is 0. The summed E-state index contributed by atoms with van der Waals surface area (Å²) in [5.41, 5.74) is 10.9. The first-order valence-electron chi connectivity index (χ1n) is 16.6. The van der Waals surface area contributed by atoms with Crippen LogP contribution in [-0.4, -0.2) is 24.9 Å². The number of nitrogens with zero attached hydrogens (tertiary/aromatic N) is 5. The third kappa shape index (κ3) is 6.25. The standard InChI is InChI=1S/C45H29N5.CH4/c1-4-10-32(11-5-1)39-28-26-34-22-23-35-27-29-40(47-42(35)41(34)46-39)33-20-16-30(17-21-33)31-18-24-38(25-19-31)45-49-43(36-12-6-2-7-13-36)48-44(50-45)37-14-8-3-9-15-37;/h1-29H;1H4. The van der Waals surface area contributed by atoms with E-state index in [1.807, 2.05) is 78.9 Å². The third-order valence-corrected chi connectivity index (χ3v) is 8.95. The summed E-state index contributed by atoms with van der Waals surface area (Å²) in [7, 11) is 0. The van der Waals surface area contributed by atoms with Crippen LogP contribution in [-0.2, 0) is 0 Å². The van der Waals surface area contributed by atoms with Gasteiger partial charge in [-0.25, -0.2) is 24.9 Å². The lowest BCUT2D eigenvalue weighted by molar-refractivity contribution is 1.07. The molecule has 0 atom stereocenters. The van der Waals surface area contributed by atoms with E-state index in [1.165, 1.54) is 0 Å². The molecule has 3 aromatic heterocycles. The molecule has 9 rings (SSSR count). The third-order valence-electron chi connectivity index (χ3n) is 8.95. The quantitative estimate of drug-likeness (QED) is 0.167. The molecule has 3 heterocycles. The monoisotopic (exact) mass is 655 g/mol. The van der Waals surface area contributed by atoms with E-state index in [0.29, 0.717) is 17.5 Å². The van der Waals surface area contributed by atoms with Gasteiger partial charge in [0, 0.05) is 38.6 Å². The van der Waals surface area contributed by atoms with Crippen molar-refractivity contribution in [3.8, 4) is 67.8 Å². The van der Waals surface area contributed by atoms with Crippen molar-refractivity contribution in [3.63, 3.8) is 0 Å². The molecule has 5 nitrogen and oxygen atoms in total. The van der Waals surface area contributed by atoms with Gasteiger partial charge in [0.1, 0.15) is 0 Å². The molecular weight excluding hydrogens is 623 g/mol. The SMILES string of the molecule is C.c1ccc(-c2ccc3ccc4ccc(-c5ccc(-c6ccc(-c7nc(-c8ccccc8)nc(-c8ccccc8)n7)cc6)cc5)nc4c3n2)cc1. The molecule has 9 aromatic rings. The Balaban J connectivity index is 0.00000374. The molecule has 0 aliphatic heterocycles. The van der Waals surface area contributed by atoms with Gasteiger partial charge in [-0.05, 0) is 23.3 Å². The van der Waals surface area contributed by atoms with Crippen LogP contribution in [0.25, 0.3) is 89.6 Å². The van der Waals surface area contributed by atoms with E-state index in [4.69, 9.17) is 24.9 Å². The van der Waals surface area contributed by atoms with Gasteiger partial charge in [0.2, 0.25) is 0 Å². The van der Waals surface area contributed by atoms with Crippen LogP contribution >= 0.6 is 0 Å². The zero-order chi connectivity index (χ0) is 33.3. The van der Waals surface area contributed by atoms with Crippen molar-refractivity contribution in [2.45, 2.75) is 7.43 Å². The fraction of sp³-hybridized carbons (Fsp3) is 0.0217.